The summed E-state index contributed by atoms with van der Waals surface area (Å²) in [6, 6.07) is 9.93. The topological polar surface area (TPSA) is 80.0 Å². The minimum absolute atomic E-state index is 0.382. The van der Waals surface area contributed by atoms with E-state index in [-0.39, 0.29) is 0 Å². The first-order chi connectivity index (χ1) is 10.2. The quantitative estimate of drug-likeness (QED) is 0.761. The van der Waals surface area contributed by atoms with Crippen molar-refractivity contribution in [2.75, 3.05) is 10.6 Å². The summed E-state index contributed by atoms with van der Waals surface area (Å²) in [7, 11) is 0. The molecule has 0 saturated heterocycles. The monoisotopic (exact) mass is 320 g/mol. The van der Waals surface area contributed by atoms with E-state index >= 15 is 0 Å². The highest BCUT2D eigenvalue weighted by Crippen LogP contribution is 2.26. The van der Waals surface area contributed by atoms with Gasteiger partial charge in [0, 0.05) is 10.7 Å². The third-order valence-electron chi connectivity index (χ3n) is 2.48. The molecule has 0 atom stereocenters. The molecule has 8 heteroatoms. The molecule has 2 heterocycles. The summed E-state index contributed by atoms with van der Waals surface area (Å²) >= 11 is 7.00. The average Bonchev–Trinajstić information content (AvgIpc) is 3.12. The largest absolute Gasteiger partial charge is 0.462 e. The van der Waals surface area contributed by atoms with E-state index in [1.165, 1.54) is 11.3 Å². The molecule has 0 aliphatic rings. The number of nitrogens with zero attached hydrogens (tertiary/aromatic N) is 2. The van der Waals surface area contributed by atoms with Crippen molar-refractivity contribution in [1.29, 1.82) is 0 Å². The van der Waals surface area contributed by atoms with Gasteiger partial charge in [0.1, 0.15) is 0 Å². The summed E-state index contributed by atoms with van der Waals surface area (Å²) < 4.78 is 5.21. The average molecular weight is 321 g/mol. The fraction of sp³-hybridized carbons (Fsp3) is 0. The Morgan fingerprint density at radius 3 is 2.67 bits per heavy atom. The Hall–Kier alpha value is -2.38. The number of anilines is 2. The van der Waals surface area contributed by atoms with E-state index in [0.717, 1.165) is 0 Å². The van der Waals surface area contributed by atoms with E-state index in [1.54, 1.807) is 42.7 Å². The Morgan fingerprint density at radius 1 is 1.14 bits per heavy atom. The Labute approximate surface area is 128 Å². The molecule has 0 radical (unpaired) electrons. The minimum Gasteiger partial charge on any atom is -0.462 e. The first kappa shape index (κ1) is 13.6. The van der Waals surface area contributed by atoms with E-state index < -0.39 is 6.03 Å². The smallest absolute Gasteiger partial charge is 0.325 e. The molecule has 2 aromatic heterocycles. The van der Waals surface area contributed by atoms with Gasteiger partial charge >= 0.3 is 6.03 Å². The van der Waals surface area contributed by atoms with E-state index in [1.807, 2.05) is 0 Å². The van der Waals surface area contributed by atoms with Crippen LogP contribution in [-0.4, -0.2) is 16.2 Å². The van der Waals surface area contributed by atoms with Crippen molar-refractivity contribution in [2.24, 2.45) is 0 Å². The van der Waals surface area contributed by atoms with Crippen LogP contribution in [0.4, 0.5) is 15.6 Å². The van der Waals surface area contributed by atoms with Crippen molar-refractivity contribution in [1.82, 2.24) is 10.2 Å². The Balaban J connectivity index is 1.64. The molecule has 0 aliphatic heterocycles. The lowest BCUT2D eigenvalue weighted by Crippen LogP contribution is -2.19. The van der Waals surface area contributed by atoms with Gasteiger partial charge in [-0.2, -0.15) is 0 Å². The van der Waals surface area contributed by atoms with E-state index in [2.05, 4.69) is 20.8 Å². The molecule has 3 rings (SSSR count). The second-order valence-electron chi connectivity index (χ2n) is 3.98. The number of nitrogens with one attached hydrogen (secondary N) is 2. The number of amides is 2. The summed E-state index contributed by atoms with van der Waals surface area (Å²) in [6.07, 6.45) is 1.55. The Kier molecular flexibility index (Phi) is 3.85. The van der Waals surface area contributed by atoms with Crippen molar-refractivity contribution >= 4 is 39.8 Å². The third-order valence-corrected chi connectivity index (χ3v) is 3.58. The molecule has 6 nitrogen and oxygen atoms in total. The summed E-state index contributed by atoms with van der Waals surface area (Å²) in [5, 5.41) is 14.7. The second-order valence-corrected chi connectivity index (χ2v) is 5.39. The number of furan rings is 1. The number of hydrogen-bond donors (Lipinski definition) is 2. The number of benzene rings is 1. The van der Waals surface area contributed by atoms with Gasteiger partial charge in [-0.1, -0.05) is 22.9 Å². The zero-order valence-electron chi connectivity index (χ0n) is 10.5. The normalized spacial score (nSPS) is 10.3. The van der Waals surface area contributed by atoms with Crippen LogP contribution in [0.15, 0.2) is 47.1 Å². The van der Waals surface area contributed by atoms with Gasteiger partial charge < -0.3 is 9.73 Å². The van der Waals surface area contributed by atoms with Gasteiger partial charge in [-0.05, 0) is 36.4 Å². The van der Waals surface area contributed by atoms with Gasteiger partial charge in [-0.25, -0.2) is 4.79 Å². The molecule has 3 aromatic rings. The van der Waals surface area contributed by atoms with Gasteiger partial charge in [-0.3, -0.25) is 5.32 Å². The maximum atomic E-state index is 11.8. The number of rotatable bonds is 3. The summed E-state index contributed by atoms with van der Waals surface area (Å²) in [4.78, 5) is 11.8. The fourth-order valence-corrected chi connectivity index (χ4v) is 2.40. The van der Waals surface area contributed by atoms with Crippen LogP contribution in [-0.2, 0) is 0 Å². The molecule has 0 saturated carbocycles. The molecule has 0 bridgehead atoms. The zero-order valence-corrected chi connectivity index (χ0v) is 12.1. The number of aromatic nitrogens is 2. The molecule has 2 amide bonds. The molecule has 0 aliphatic carbocycles. The molecule has 0 fully saturated rings. The zero-order chi connectivity index (χ0) is 14.7. The predicted octanol–water partition coefficient (Wildman–Crippen LogP) is 4.10. The lowest BCUT2D eigenvalue weighted by molar-refractivity contribution is 0.262. The van der Waals surface area contributed by atoms with Crippen LogP contribution >= 0.6 is 22.9 Å². The molecule has 0 unspecified atom stereocenters. The predicted molar refractivity (Wildman–Crippen MR) is 81.7 cm³/mol. The Bertz CT molecular complexity index is 740. The van der Waals surface area contributed by atoms with Crippen LogP contribution in [0.2, 0.25) is 5.02 Å². The van der Waals surface area contributed by atoms with Crippen molar-refractivity contribution in [2.45, 2.75) is 0 Å². The summed E-state index contributed by atoms with van der Waals surface area (Å²) in [5.74, 6) is 0.610. The lowest BCUT2D eigenvalue weighted by Gasteiger charge is -2.04. The molecular formula is C13H9ClN4O2S. The fourth-order valence-electron chi connectivity index (χ4n) is 1.57. The maximum absolute atomic E-state index is 11.8. The maximum Gasteiger partial charge on any atom is 0.325 e. The lowest BCUT2D eigenvalue weighted by atomic mass is 10.3. The first-order valence-electron chi connectivity index (χ1n) is 5.92. The first-order valence-corrected chi connectivity index (χ1v) is 7.11. The van der Waals surface area contributed by atoms with Crippen molar-refractivity contribution < 1.29 is 9.21 Å². The highest BCUT2D eigenvalue weighted by atomic mass is 35.5. The summed E-state index contributed by atoms with van der Waals surface area (Å²) in [6.45, 7) is 0. The van der Waals surface area contributed by atoms with Crippen LogP contribution < -0.4 is 10.6 Å². The molecule has 2 N–H and O–H groups in total. The molecule has 21 heavy (non-hydrogen) atoms. The number of halogens is 1. The number of carbonyl (C=O) groups excluding carboxylic acids is 1. The van der Waals surface area contributed by atoms with Gasteiger partial charge in [0.2, 0.25) is 5.13 Å². The highest BCUT2D eigenvalue weighted by molar-refractivity contribution is 7.18. The number of carbonyl (C=O) groups is 1. The minimum atomic E-state index is -0.403. The van der Waals surface area contributed by atoms with Crippen LogP contribution in [0.3, 0.4) is 0 Å². The highest BCUT2D eigenvalue weighted by Gasteiger charge is 2.11. The van der Waals surface area contributed by atoms with Crippen LogP contribution in [0.25, 0.3) is 10.8 Å². The van der Waals surface area contributed by atoms with Crippen LogP contribution in [0.5, 0.6) is 0 Å². The van der Waals surface area contributed by atoms with Gasteiger partial charge in [0.15, 0.2) is 10.8 Å². The van der Waals surface area contributed by atoms with E-state index in [9.17, 15) is 4.79 Å². The molecule has 0 spiro atoms. The van der Waals surface area contributed by atoms with Gasteiger partial charge in [-0.15, -0.1) is 10.2 Å². The molecule has 106 valence electrons. The van der Waals surface area contributed by atoms with E-state index in [4.69, 9.17) is 16.0 Å². The Morgan fingerprint density at radius 2 is 1.95 bits per heavy atom. The van der Waals surface area contributed by atoms with Crippen molar-refractivity contribution in [3.05, 3.63) is 47.7 Å². The van der Waals surface area contributed by atoms with Crippen molar-refractivity contribution in [3.63, 3.8) is 0 Å². The SMILES string of the molecule is O=C(Nc1ccc(Cl)cc1)Nc1nnc(-c2ccco2)s1. The van der Waals surface area contributed by atoms with Crippen LogP contribution in [0.1, 0.15) is 0 Å². The molecule has 1 aromatic carbocycles. The van der Waals surface area contributed by atoms with Gasteiger partial charge in [0.25, 0.3) is 0 Å². The second kappa shape index (κ2) is 5.94. The molecular weight excluding hydrogens is 312 g/mol. The number of urea groups is 1. The van der Waals surface area contributed by atoms with E-state index in [0.29, 0.717) is 26.6 Å². The van der Waals surface area contributed by atoms with Crippen LogP contribution in [0, 0.1) is 0 Å². The van der Waals surface area contributed by atoms with Gasteiger partial charge in [0.05, 0.1) is 6.26 Å². The number of hydrogen-bond acceptors (Lipinski definition) is 5. The standard InChI is InChI=1S/C13H9ClN4O2S/c14-8-3-5-9(6-4-8)15-12(19)16-13-18-17-11(21-13)10-2-1-7-20-10/h1-7H,(H2,15,16,18,19). The van der Waals surface area contributed by atoms with Crippen molar-refractivity contribution in [3.8, 4) is 10.8 Å². The summed E-state index contributed by atoms with van der Waals surface area (Å²) in [5.41, 5.74) is 0.632. The third kappa shape index (κ3) is 3.39.